The molecule has 0 spiro atoms. The summed E-state index contributed by atoms with van der Waals surface area (Å²) < 4.78 is 0. The quantitative estimate of drug-likeness (QED) is 0.636. The first-order valence-electron chi connectivity index (χ1n) is 7.46. The summed E-state index contributed by atoms with van der Waals surface area (Å²) >= 11 is 12.1. The van der Waals surface area contributed by atoms with Gasteiger partial charge in [0.25, 0.3) is 0 Å². The number of nitrogens with zero attached hydrogens (tertiary/aromatic N) is 2. The molecule has 1 aromatic heterocycles. The Bertz CT molecular complexity index is 838. The summed E-state index contributed by atoms with van der Waals surface area (Å²) in [4.78, 5) is 8.88. The predicted octanol–water partition coefficient (Wildman–Crippen LogP) is 5.45. The van der Waals surface area contributed by atoms with Gasteiger partial charge in [-0.2, -0.15) is 4.98 Å². The summed E-state index contributed by atoms with van der Waals surface area (Å²) in [5, 5.41) is 7.54. The summed E-state index contributed by atoms with van der Waals surface area (Å²) in [5.74, 6) is 1.23. The summed E-state index contributed by atoms with van der Waals surface area (Å²) in [6.45, 7) is 2.61. The molecule has 0 radical (unpaired) electrons. The second-order valence-corrected chi connectivity index (χ2v) is 6.15. The van der Waals surface area contributed by atoms with Crippen LogP contribution in [0.2, 0.25) is 10.0 Å². The fourth-order valence-electron chi connectivity index (χ4n) is 2.21. The molecule has 0 saturated heterocycles. The van der Waals surface area contributed by atoms with Gasteiger partial charge in [-0.25, -0.2) is 4.98 Å². The van der Waals surface area contributed by atoms with Crippen molar-refractivity contribution in [3.8, 4) is 0 Å². The largest absolute Gasteiger partial charge is 0.366 e. The molecule has 0 aliphatic heterocycles. The number of halogens is 2. The highest BCUT2D eigenvalue weighted by molar-refractivity contribution is 6.36. The van der Waals surface area contributed by atoms with Crippen molar-refractivity contribution in [3.05, 3.63) is 75.9 Å². The van der Waals surface area contributed by atoms with Crippen LogP contribution in [-0.4, -0.2) is 9.97 Å². The lowest BCUT2D eigenvalue weighted by Gasteiger charge is -2.11. The minimum Gasteiger partial charge on any atom is -0.366 e. The Hall–Kier alpha value is -2.30. The summed E-state index contributed by atoms with van der Waals surface area (Å²) in [7, 11) is 0. The molecule has 0 atom stereocenters. The van der Waals surface area contributed by atoms with E-state index in [2.05, 4.69) is 32.7 Å². The lowest BCUT2D eigenvalue weighted by molar-refractivity contribution is 1.06. The molecule has 1 heterocycles. The molecule has 3 rings (SSSR count). The molecular formula is C18H16Cl2N4. The van der Waals surface area contributed by atoms with Crippen LogP contribution >= 0.6 is 23.2 Å². The van der Waals surface area contributed by atoms with E-state index in [1.54, 1.807) is 18.2 Å². The molecule has 0 bridgehead atoms. The SMILES string of the molecule is Cc1cc(NCc2ccccc2)nc(Nc2ccc(Cl)cc2Cl)n1. The van der Waals surface area contributed by atoms with Crippen LogP contribution in [0.1, 0.15) is 11.3 Å². The summed E-state index contributed by atoms with van der Waals surface area (Å²) in [6, 6.07) is 17.3. The predicted molar refractivity (Wildman–Crippen MR) is 100 cm³/mol. The van der Waals surface area contributed by atoms with Gasteiger partial charge >= 0.3 is 0 Å². The van der Waals surface area contributed by atoms with E-state index in [1.165, 1.54) is 5.56 Å². The second kappa shape index (κ2) is 7.51. The summed E-state index contributed by atoms with van der Waals surface area (Å²) in [5.41, 5.74) is 2.75. The molecule has 3 aromatic rings. The minimum absolute atomic E-state index is 0.481. The van der Waals surface area contributed by atoms with E-state index in [9.17, 15) is 0 Å². The number of aryl methyl sites for hydroxylation is 1. The highest BCUT2D eigenvalue weighted by atomic mass is 35.5. The number of aromatic nitrogens is 2. The molecule has 0 unspecified atom stereocenters. The van der Waals surface area contributed by atoms with Crippen LogP contribution in [0.25, 0.3) is 0 Å². The Labute approximate surface area is 150 Å². The molecule has 4 nitrogen and oxygen atoms in total. The van der Waals surface area contributed by atoms with Crippen molar-refractivity contribution in [2.45, 2.75) is 13.5 Å². The average Bonchev–Trinajstić information content (AvgIpc) is 2.56. The maximum absolute atomic E-state index is 6.18. The van der Waals surface area contributed by atoms with Gasteiger partial charge in [-0.1, -0.05) is 53.5 Å². The fraction of sp³-hybridized carbons (Fsp3) is 0.111. The van der Waals surface area contributed by atoms with Gasteiger partial charge in [0, 0.05) is 23.3 Å². The molecule has 0 fully saturated rings. The smallest absolute Gasteiger partial charge is 0.229 e. The van der Waals surface area contributed by atoms with Crippen molar-refractivity contribution in [1.29, 1.82) is 0 Å². The zero-order valence-corrected chi connectivity index (χ0v) is 14.6. The van der Waals surface area contributed by atoms with E-state index in [4.69, 9.17) is 23.2 Å². The zero-order valence-electron chi connectivity index (χ0n) is 13.1. The number of rotatable bonds is 5. The first-order chi connectivity index (χ1) is 11.6. The van der Waals surface area contributed by atoms with Crippen molar-refractivity contribution >= 4 is 40.7 Å². The highest BCUT2D eigenvalue weighted by Gasteiger charge is 2.06. The van der Waals surface area contributed by atoms with Crippen LogP contribution in [-0.2, 0) is 6.54 Å². The third-order valence-electron chi connectivity index (χ3n) is 3.35. The fourth-order valence-corrected chi connectivity index (χ4v) is 2.67. The van der Waals surface area contributed by atoms with E-state index in [0.29, 0.717) is 28.2 Å². The Kier molecular flexibility index (Phi) is 5.18. The Morgan fingerprint density at radius 2 is 1.75 bits per heavy atom. The molecule has 0 saturated carbocycles. The number of anilines is 3. The normalized spacial score (nSPS) is 10.5. The molecule has 24 heavy (non-hydrogen) atoms. The van der Waals surface area contributed by atoms with Crippen molar-refractivity contribution in [2.75, 3.05) is 10.6 Å². The highest BCUT2D eigenvalue weighted by Crippen LogP contribution is 2.27. The monoisotopic (exact) mass is 358 g/mol. The van der Waals surface area contributed by atoms with Crippen molar-refractivity contribution in [2.24, 2.45) is 0 Å². The third kappa shape index (κ3) is 4.37. The first-order valence-corrected chi connectivity index (χ1v) is 8.21. The molecule has 2 aromatic carbocycles. The van der Waals surface area contributed by atoms with E-state index in [-0.39, 0.29) is 0 Å². The maximum Gasteiger partial charge on any atom is 0.229 e. The molecule has 122 valence electrons. The number of hydrogen-bond acceptors (Lipinski definition) is 4. The van der Waals surface area contributed by atoms with E-state index in [1.807, 2.05) is 31.2 Å². The van der Waals surface area contributed by atoms with Crippen LogP contribution in [0.5, 0.6) is 0 Å². The molecule has 0 aliphatic rings. The molecule has 0 aliphatic carbocycles. The van der Waals surface area contributed by atoms with Crippen LogP contribution in [0.4, 0.5) is 17.5 Å². The number of nitrogens with one attached hydrogen (secondary N) is 2. The standard InChI is InChI=1S/C18H16Cl2N4/c1-12-9-17(21-11-13-5-3-2-4-6-13)24-18(22-12)23-16-8-7-14(19)10-15(16)20/h2-10H,11H2,1H3,(H2,21,22,23,24). The molecule has 6 heteroatoms. The van der Waals surface area contributed by atoms with Gasteiger partial charge in [-0.3, -0.25) is 0 Å². The minimum atomic E-state index is 0.481. The Balaban J connectivity index is 1.76. The van der Waals surface area contributed by atoms with Crippen LogP contribution in [0.3, 0.4) is 0 Å². The third-order valence-corrected chi connectivity index (χ3v) is 3.90. The first kappa shape index (κ1) is 16.6. The molecule has 2 N–H and O–H groups in total. The van der Waals surface area contributed by atoms with Crippen molar-refractivity contribution < 1.29 is 0 Å². The van der Waals surface area contributed by atoms with Crippen molar-refractivity contribution in [3.63, 3.8) is 0 Å². The van der Waals surface area contributed by atoms with E-state index >= 15 is 0 Å². The van der Waals surface area contributed by atoms with E-state index < -0.39 is 0 Å². The zero-order chi connectivity index (χ0) is 16.9. The second-order valence-electron chi connectivity index (χ2n) is 5.31. The van der Waals surface area contributed by atoms with Crippen LogP contribution in [0, 0.1) is 6.92 Å². The van der Waals surface area contributed by atoms with Gasteiger partial charge in [0.2, 0.25) is 5.95 Å². The van der Waals surface area contributed by atoms with Crippen molar-refractivity contribution in [1.82, 2.24) is 9.97 Å². The maximum atomic E-state index is 6.18. The van der Waals surface area contributed by atoms with Crippen LogP contribution < -0.4 is 10.6 Å². The number of benzene rings is 2. The van der Waals surface area contributed by atoms with Gasteiger partial charge < -0.3 is 10.6 Å². The van der Waals surface area contributed by atoms with E-state index in [0.717, 1.165) is 11.5 Å². The Morgan fingerprint density at radius 3 is 2.50 bits per heavy atom. The topological polar surface area (TPSA) is 49.8 Å². The Morgan fingerprint density at radius 1 is 0.958 bits per heavy atom. The van der Waals surface area contributed by atoms with Gasteiger partial charge in [-0.15, -0.1) is 0 Å². The molecule has 0 amide bonds. The van der Waals surface area contributed by atoms with Crippen LogP contribution in [0.15, 0.2) is 54.6 Å². The van der Waals surface area contributed by atoms with Gasteiger partial charge in [0.1, 0.15) is 5.82 Å². The lowest BCUT2D eigenvalue weighted by Crippen LogP contribution is -2.05. The van der Waals surface area contributed by atoms with Gasteiger partial charge in [0.05, 0.1) is 10.7 Å². The molecular weight excluding hydrogens is 343 g/mol. The lowest BCUT2D eigenvalue weighted by atomic mass is 10.2. The van der Waals surface area contributed by atoms with Gasteiger partial charge in [0.15, 0.2) is 0 Å². The summed E-state index contributed by atoms with van der Waals surface area (Å²) in [6.07, 6.45) is 0. The van der Waals surface area contributed by atoms with Gasteiger partial charge in [-0.05, 0) is 30.7 Å². The average molecular weight is 359 g/mol. The number of hydrogen-bond donors (Lipinski definition) is 2.